The van der Waals surface area contributed by atoms with Crippen molar-refractivity contribution in [3.63, 3.8) is 0 Å². The van der Waals surface area contributed by atoms with Gasteiger partial charge in [0.05, 0.1) is 24.2 Å². The summed E-state index contributed by atoms with van der Waals surface area (Å²) in [6, 6.07) is 14.7. The first kappa shape index (κ1) is 15.0. The van der Waals surface area contributed by atoms with Crippen LogP contribution in [0.15, 0.2) is 58.3 Å². The number of fused-ring (bicyclic) bond motifs is 3. The van der Waals surface area contributed by atoms with Gasteiger partial charge < -0.3 is 14.1 Å². The summed E-state index contributed by atoms with van der Waals surface area (Å²) in [6.07, 6.45) is 2.21. The highest BCUT2D eigenvalue weighted by molar-refractivity contribution is 9.10. The van der Waals surface area contributed by atoms with Crippen molar-refractivity contribution in [3.05, 3.63) is 64.3 Å². The van der Waals surface area contributed by atoms with Crippen molar-refractivity contribution in [2.75, 3.05) is 13.2 Å². The summed E-state index contributed by atoms with van der Waals surface area (Å²) in [5, 5.41) is 5.68. The van der Waals surface area contributed by atoms with Gasteiger partial charge in [-0.2, -0.15) is 0 Å². The smallest absolute Gasteiger partial charge is 0.128 e. The minimum Gasteiger partial charge on any atom is -0.492 e. The number of hydrogen-bond donors (Lipinski definition) is 0. The van der Waals surface area contributed by atoms with Crippen LogP contribution >= 0.6 is 15.9 Å². The number of benzene rings is 2. The summed E-state index contributed by atoms with van der Waals surface area (Å²) in [5.74, 6) is 1.15. The van der Waals surface area contributed by atoms with Gasteiger partial charge in [-0.05, 0) is 29.8 Å². The van der Waals surface area contributed by atoms with Crippen LogP contribution in [0.25, 0.3) is 10.9 Å². The molecule has 3 heterocycles. The molecule has 3 aromatic rings. The molecule has 0 spiro atoms. The number of nitrogens with zero attached hydrogens (tertiary/aromatic N) is 2. The molecule has 25 heavy (non-hydrogen) atoms. The second-order valence-corrected chi connectivity index (χ2v) is 7.56. The topological polar surface area (TPSA) is 35.8 Å². The predicted molar refractivity (Wildman–Crippen MR) is 101 cm³/mol. The van der Waals surface area contributed by atoms with Crippen molar-refractivity contribution in [2.24, 2.45) is 18.1 Å². The molecule has 0 unspecified atom stereocenters. The fraction of sp³-hybridized carbons (Fsp3) is 0.250. The van der Waals surface area contributed by atoms with Gasteiger partial charge in [-0.15, -0.1) is 0 Å². The molecule has 1 aromatic heterocycles. The molecule has 0 saturated heterocycles. The van der Waals surface area contributed by atoms with Gasteiger partial charge >= 0.3 is 0 Å². The monoisotopic (exact) mass is 396 g/mol. The number of rotatable bonds is 1. The van der Waals surface area contributed by atoms with Gasteiger partial charge in [0, 0.05) is 34.2 Å². The first-order valence-corrected chi connectivity index (χ1v) is 9.17. The fourth-order valence-corrected chi connectivity index (χ4v) is 4.32. The van der Waals surface area contributed by atoms with Gasteiger partial charge in [-0.3, -0.25) is 0 Å². The Morgan fingerprint density at radius 1 is 1.12 bits per heavy atom. The maximum Gasteiger partial charge on any atom is 0.128 e. The average molecular weight is 397 g/mol. The molecule has 0 radical (unpaired) electrons. The van der Waals surface area contributed by atoms with E-state index in [0.29, 0.717) is 13.2 Å². The number of aryl methyl sites for hydroxylation is 1. The molecule has 2 aliphatic rings. The van der Waals surface area contributed by atoms with Crippen LogP contribution in [0.3, 0.4) is 0 Å². The molecule has 0 saturated carbocycles. The molecule has 2 aliphatic heterocycles. The van der Waals surface area contributed by atoms with Crippen molar-refractivity contribution in [2.45, 2.75) is 5.92 Å². The van der Waals surface area contributed by atoms with Crippen LogP contribution < -0.4 is 4.74 Å². The Bertz CT molecular complexity index is 1010. The second-order valence-electron chi connectivity index (χ2n) is 6.65. The lowest BCUT2D eigenvalue weighted by Gasteiger charge is -2.18. The number of aromatic nitrogens is 1. The normalized spacial score (nSPS) is 21.8. The highest BCUT2D eigenvalue weighted by Gasteiger charge is 2.38. The highest BCUT2D eigenvalue weighted by Crippen LogP contribution is 2.43. The zero-order valence-corrected chi connectivity index (χ0v) is 15.4. The molecule has 0 aliphatic carbocycles. The van der Waals surface area contributed by atoms with E-state index >= 15 is 0 Å². The molecule has 5 heteroatoms. The van der Waals surface area contributed by atoms with Crippen LogP contribution in [0.4, 0.5) is 0 Å². The van der Waals surface area contributed by atoms with Crippen molar-refractivity contribution in [1.29, 1.82) is 0 Å². The summed E-state index contributed by atoms with van der Waals surface area (Å²) in [7, 11) is 2.09. The molecule has 2 aromatic carbocycles. The minimum atomic E-state index is 0.0357. The van der Waals surface area contributed by atoms with Gasteiger partial charge in [0.15, 0.2) is 0 Å². The number of para-hydroxylation sites is 1. The second kappa shape index (κ2) is 5.63. The van der Waals surface area contributed by atoms with Crippen LogP contribution in [-0.2, 0) is 11.9 Å². The van der Waals surface area contributed by atoms with Crippen LogP contribution in [-0.4, -0.2) is 23.5 Å². The quantitative estimate of drug-likeness (QED) is 0.608. The zero-order chi connectivity index (χ0) is 17.0. The summed E-state index contributed by atoms with van der Waals surface area (Å²) in [6.45, 7) is 1.19. The third-order valence-electron chi connectivity index (χ3n) is 5.12. The van der Waals surface area contributed by atoms with Gasteiger partial charge in [0.1, 0.15) is 12.4 Å². The highest BCUT2D eigenvalue weighted by atomic mass is 79.9. The van der Waals surface area contributed by atoms with Crippen molar-refractivity contribution in [1.82, 2.24) is 4.57 Å². The molecular formula is C20H17BrN2O2. The van der Waals surface area contributed by atoms with Crippen LogP contribution in [0.2, 0.25) is 0 Å². The molecule has 5 rings (SSSR count). The lowest BCUT2D eigenvalue weighted by molar-refractivity contribution is 0.137. The first-order valence-electron chi connectivity index (χ1n) is 8.38. The Hall–Kier alpha value is -2.27. The maximum absolute atomic E-state index is 6.10. The van der Waals surface area contributed by atoms with Crippen LogP contribution in [0, 0.1) is 5.92 Å². The van der Waals surface area contributed by atoms with E-state index < -0.39 is 0 Å². The van der Waals surface area contributed by atoms with E-state index in [4.69, 9.17) is 9.57 Å². The molecule has 0 bridgehead atoms. The maximum atomic E-state index is 6.10. The molecule has 2 atom stereocenters. The van der Waals surface area contributed by atoms with E-state index in [-0.39, 0.29) is 11.8 Å². The number of oxime groups is 1. The van der Waals surface area contributed by atoms with E-state index in [9.17, 15) is 0 Å². The van der Waals surface area contributed by atoms with Crippen molar-refractivity contribution in [3.8, 4) is 5.75 Å². The van der Waals surface area contributed by atoms with E-state index in [0.717, 1.165) is 21.5 Å². The van der Waals surface area contributed by atoms with Gasteiger partial charge in [0.2, 0.25) is 0 Å². The number of halogens is 1. The number of ether oxygens (including phenoxy) is 1. The molecule has 0 amide bonds. The third-order valence-corrected chi connectivity index (χ3v) is 5.61. The summed E-state index contributed by atoms with van der Waals surface area (Å²) in [5.41, 5.74) is 4.66. The van der Waals surface area contributed by atoms with Gasteiger partial charge in [-0.25, -0.2) is 0 Å². The van der Waals surface area contributed by atoms with E-state index in [1.54, 1.807) is 0 Å². The molecular weight excluding hydrogens is 380 g/mol. The van der Waals surface area contributed by atoms with Gasteiger partial charge in [0.25, 0.3) is 0 Å². The van der Waals surface area contributed by atoms with E-state index in [2.05, 4.69) is 69.2 Å². The third kappa shape index (κ3) is 2.29. The van der Waals surface area contributed by atoms with Crippen molar-refractivity contribution < 1.29 is 9.57 Å². The van der Waals surface area contributed by atoms with Crippen molar-refractivity contribution >= 4 is 32.5 Å². The Morgan fingerprint density at radius 3 is 2.92 bits per heavy atom. The van der Waals surface area contributed by atoms with Gasteiger partial charge in [-0.1, -0.05) is 39.3 Å². The summed E-state index contributed by atoms with van der Waals surface area (Å²) < 4.78 is 9.32. The largest absolute Gasteiger partial charge is 0.492 e. The number of hydrogen-bond acceptors (Lipinski definition) is 3. The van der Waals surface area contributed by atoms with E-state index in [1.807, 2.05) is 12.1 Å². The van der Waals surface area contributed by atoms with Crippen LogP contribution in [0.5, 0.6) is 5.75 Å². The SMILES string of the molecule is Cn1cc([C@@H]2C3=NOC[C@@H]3COc3ccc(Br)cc32)c2ccccc21. The Kier molecular flexibility index (Phi) is 3.38. The molecule has 126 valence electrons. The standard InChI is InChI=1S/C20H17BrN2O2/c1-23-9-16(14-4-2-3-5-17(14)23)19-15-8-13(21)6-7-18(15)24-10-12-11-25-22-20(12)19/h2-9,12,19H,10-11H2,1H3/t12-,19+/m0/s1. The summed E-state index contributed by atoms with van der Waals surface area (Å²) in [4.78, 5) is 5.45. The molecule has 0 N–H and O–H groups in total. The molecule has 4 nitrogen and oxygen atoms in total. The Labute approximate surface area is 154 Å². The fourth-order valence-electron chi connectivity index (χ4n) is 3.94. The predicted octanol–water partition coefficient (Wildman–Crippen LogP) is 4.47. The van der Waals surface area contributed by atoms with Crippen LogP contribution in [0.1, 0.15) is 17.0 Å². The minimum absolute atomic E-state index is 0.0357. The molecule has 0 fully saturated rings. The Morgan fingerprint density at radius 2 is 2.00 bits per heavy atom. The zero-order valence-electron chi connectivity index (χ0n) is 13.8. The van der Waals surface area contributed by atoms with E-state index in [1.165, 1.54) is 16.5 Å². The Balaban J connectivity index is 1.80. The lowest BCUT2D eigenvalue weighted by Crippen LogP contribution is -2.23. The first-order chi connectivity index (χ1) is 12.2. The summed E-state index contributed by atoms with van der Waals surface area (Å²) >= 11 is 3.61. The average Bonchev–Trinajstić information content (AvgIpc) is 3.17. The lowest BCUT2D eigenvalue weighted by atomic mass is 9.82.